The van der Waals surface area contributed by atoms with Crippen LogP contribution in [0.25, 0.3) is 10.8 Å². The molecule has 160 valence electrons. The first-order valence-corrected chi connectivity index (χ1v) is 10.5. The highest BCUT2D eigenvalue weighted by atomic mass is 16.5. The maximum absolute atomic E-state index is 10.1. The highest BCUT2D eigenvalue weighted by Crippen LogP contribution is 2.33. The van der Waals surface area contributed by atoms with Gasteiger partial charge in [0.15, 0.2) is 0 Å². The van der Waals surface area contributed by atoms with Gasteiger partial charge in [0.05, 0.1) is 6.61 Å². The van der Waals surface area contributed by atoms with E-state index in [0.717, 1.165) is 35.1 Å². The van der Waals surface area contributed by atoms with E-state index < -0.39 is 6.10 Å². The third-order valence-corrected chi connectivity index (χ3v) is 4.58. The Labute approximate surface area is 178 Å². The Balaban J connectivity index is 1.55. The van der Waals surface area contributed by atoms with Crippen LogP contribution in [0.1, 0.15) is 19.8 Å². The summed E-state index contributed by atoms with van der Waals surface area (Å²) in [4.78, 5) is 0. The molecule has 0 saturated heterocycles. The van der Waals surface area contributed by atoms with Crippen molar-refractivity contribution in [3.63, 3.8) is 0 Å². The monoisotopic (exact) mass is 410 g/mol. The minimum atomic E-state index is -0.660. The van der Waals surface area contributed by atoms with Gasteiger partial charge in [0.25, 0.3) is 0 Å². The van der Waals surface area contributed by atoms with Gasteiger partial charge in [-0.1, -0.05) is 55.8 Å². The number of para-hydroxylation sites is 1. The van der Waals surface area contributed by atoms with Crippen molar-refractivity contribution >= 4 is 10.8 Å². The van der Waals surface area contributed by atoms with Crippen molar-refractivity contribution in [2.75, 3.05) is 33.0 Å². The lowest BCUT2D eigenvalue weighted by molar-refractivity contribution is 0.0116. The average molecular weight is 411 g/mol. The summed E-state index contributed by atoms with van der Waals surface area (Å²) in [7, 11) is 0. The van der Waals surface area contributed by atoms with Gasteiger partial charge in [0.1, 0.15) is 43.2 Å². The van der Waals surface area contributed by atoms with Crippen molar-refractivity contribution < 1.29 is 24.1 Å². The van der Waals surface area contributed by atoms with Crippen molar-refractivity contribution in [2.45, 2.75) is 25.9 Å². The molecule has 0 aromatic heterocycles. The smallest absolute Gasteiger partial charge is 0.127 e. The molecule has 0 radical (unpaired) electrons. The van der Waals surface area contributed by atoms with E-state index in [2.05, 4.69) is 6.92 Å². The van der Waals surface area contributed by atoms with E-state index in [1.165, 1.54) is 0 Å². The van der Waals surface area contributed by atoms with Gasteiger partial charge in [-0.05, 0) is 30.7 Å². The van der Waals surface area contributed by atoms with Gasteiger partial charge in [-0.25, -0.2) is 0 Å². The zero-order valence-corrected chi connectivity index (χ0v) is 17.5. The van der Waals surface area contributed by atoms with Crippen LogP contribution in [0.3, 0.4) is 0 Å². The second-order valence-electron chi connectivity index (χ2n) is 7.01. The predicted octanol–water partition coefficient (Wildman–Crippen LogP) is 4.85. The Morgan fingerprint density at radius 3 is 2.03 bits per heavy atom. The van der Waals surface area contributed by atoms with E-state index in [9.17, 15) is 5.11 Å². The lowest BCUT2D eigenvalue weighted by atomic mass is 10.1. The summed E-state index contributed by atoms with van der Waals surface area (Å²) in [6.07, 6.45) is 1.41. The van der Waals surface area contributed by atoms with Gasteiger partial charge in [-0.3, -0.25) is 0 Å². The van der Waals surface area contributed by atoms with Crippen LogP contribution in [0.15, 0.2) is 66.7 Å². The fraction of sp³-hybridized carbons (Fsp3) is 0.360. The molecule has 0 aliphatic carbocycles. The molecule has 30 heavy (non-hydrogen) atoms. The van der Waals surface area contributed by atoms with Crippen molar-refractivity contribution in [3.05, 3.63) is 66.7 Å². The number of fused-ring (bicyclic) bond motifs is 1. The van der Waals surface area contributed by atoms with E-state index in [1.807, 2.05) is 66.7 Å². The van der Waals surface area contributed by atoms with Crippen molar-refractivity contribution in [1.82, 2.24) is 0 Å². The quantitative estimate of drug-likeness (QED) is 0.408. The summed E-state index contributed by atoms with van der Waals surface area (Å²) >= 11 is 0. The zero-order chi connectivity index (χ0) is 21.0. The highest BCUT2D eigenvalue weighted by Gasteiger charge is 2.11. The first-order chi connectivity index (χ1) is 14.8. The van der Waals surface area contributed by atoms with Gasteiger partial charge < -0.3 is 24.1 Å². The Morgan fingerprint density at radius 2 is 1.33 bits per heavy atom. The molecule has 3 rings (SSSR count). The van der Waals surface area contributed by atoms with Gasteiger partial charge in [-0.2, -0.15) is 0 Å². The van der Waals surface area contributed by atoms with Gasteiger partial charge >= 0.3 is 0 Å². The normalized spacial score (nSPS) is 11.9. The molecular formula is C25H30O5. The van der Waals surface area contributed by atoms with E-state index >= 15 is 0 Å². The second kappa shape index (κ2) is 12.1. The molecule has 5 heteroatoms. The number of ether oxygens (including phenoxy) is 4. The van der Waals surface area contributed by atoms with E-state index in [1.54, 1.807) is 0 Å². The number of rotatable bonds is 13. The van der Waals surface area contributed by atoms with Gasteiger partial charge in [-0.15, -0.1) is 0 Å². The number of hydrogen-bond donors (Lipinski definition) is 1. The molecule has 0 fully saturated rings. The second-order valence-corrected chi connectivity index (χ2v) is 7.01. The van der Waals surface area contributed by atoms with Crippen LogP contribution in [0.2, 0.25) is 0 Å². The molecule has 0 aliphatic heterocycles. The zero-order valence-electron chi connectivity index (χ0n) is 17.5. The van der Waals surface area contributed by atoms with Gasteiger partial charge in [0, 0.05) is 17.4 Å². The molecular weight excluding hydrogens is 380 g/mol. The van der Waals surface area contributed by atoms with E-state index in [-0.39, 0.29) is 13.2 Å². The fourth-order valence-corrected chi connectivity index (χ4v) is 3.02. The maximum Gasteiger partial charge on any atom is 0.127 e. The van der Waals surface area contributed by atoms with E-state index in [0.29, 0.717) is 25.6 Å². The lowest BCUT2D eigenvalue weighted by Gasteiger charge is -2.16. The fourth-order valence-electron chi connectivity index (χ4n) is 3.02. The van der Waals surface area contributed by atoms with E-state index in [4.69, 9.17) is 18.9 Å². The summed E-state index contributed by atoms with van der Waals surface area (Å²) < 4.78 is 23.0. The first-order valence-electron chi connectivity index (χ1n) is 10.5. The van der Waals surface area contributed by atoms with Crippen LogP contribution >= 0.6 is 0 Å². The minimum Gasteiger partial charge on any atom is -0.490 e. The Hall–Kier alpha value is -2.76. The Morgan fingerprint density at radius 1 is 0.700 bits per heavy atom. The predicted molar refractivity (Wildman–Crippen MR) is 119 cm³/mol. The summed E-state index contributed by atoms with van der Waals surface area (Å²) in [6.45, 7) is 4.13. The van der Waals surface area contributed by atoms with Crippen LogP contribution in [0.4, 0.5) is 0 Å². The van der Waals surface area contributed by atoms with Crippen molar-refractivity contribution in [3.8, 4) is 17.2 Å². The maximum atomic E-state index is 10.1. The number of hydrogen-bond acceptors (Lipinski definition) is 5. The molecule has 0 aliphatic rings. The first kappa shape index (κ1) is 21.9. The SMILES string of the molecule is CCCCOCC(O)COc1ccc(OCCOc2ccccc2)c2ccccc12. The molecule has 0 amide bonds. The number of benzene rings is 3. The van der Waals surface area contributed by atoms with Crippen LogP contribution < -0.4 is 14.2 Å². The summed E-state index contributed by atoms with van der Waals surface area (Å²) in [5, 5.41) is 12.0. The molecule has 0 bridgehead atoms. The molecule has 3 aromatic carbocycles. The average Bonchev–Trinajstić information content (AvgIpc) is 2.79. The largest absolute Gasteiger partial charge is 0.490 e. The molecule has 0 saturated carbocycles. The number of aliphatic hydroxyl groups is 1. The minimum absolute atomic E-state index is 0.182. The lowest BCUT2D eigenvalue weighted by Crippen LogP contribution is -2.23. The molecule has 0 heterocycles. The van der Waals surface area contributed by atoms with Crippen LogP contribution in [-0.2, 0) is 4.74 Å². The Kier molecular flexibility index (Phi) is 8.81. The molecule has 1 atom stereocenters. The number of aliphatic hydroxyl groups excluding tert-OH is 1. The standard InChI is InChI=1S/C25H30O5/c1-2-3-15-27-18-20(26)19-30-25-14-13-24(22-11-7-8-12-23(22)25)29-17-16-28-21-9-5-4-6-10-21/h4-14,20,26H,2-3,15-19H2,1H3. The molecule has 3 aromatic rings. The van der Waals surface area contributed by atoms with Crippen LogP contribution in [0, 0.1) is 0 Å². The summed E-state index contributed by atoms with van der Waals surface area (Å²) in [6, 6.07) is 21.4. The third-order valence-electron chi connectivity index (χ3n) is 4.58. The third kappa shape index (κ3) is 6.65. The molecule has 1 unspecified atom stereocenters. The topological polar surface area (TPSA) is 57.2 Å². The highest BCUT2D eigenvalue weighted by molar-refractivity contribution is 5.93. The van der Waals surface area contributed by atoms with Crippen LogP contribution in [0.5, 0.6) is 17.2 Å². The van der Waals surface area contributed by atoms with Crippen LogP contribution in [-0.4, -0.2) is 44.2 Å². The van der Waals surface area contributed by atoms with Gasteiger partial charge in [0.2, 0.25) is 0 Å². The molecule has 5 nitrogen and oxygen atoms in total. The van der Waals surface area contributed by atoms with Crippen molar-refractivity contribution in [1.29, 1.82) is 0 Å². The summed E-state index contributed by atoms with van der Waals surface area (Å²) in [5.74, 6) is 2.32. The summed E-state index contributed by atoms with van der Waals surface area (Å²) in [5.41, 5.74) is 0. The van der Waals surface area contributed by atoms with Crippen molar-refractivity contribution in [2.24, 2.45) is 0 Å². The number of unbranched alkanes of at least 4 members (excludes halogenated alkanes) is 1. The molecule has 1 N–H and O–H groups in total. The molecule has 0 spiro atoms. The Bertz CT molecular complexity index is 881.